The second-order valence-electron chi connectivity index (χ2n) is 11.3. The van der Waals surface area contributed by atoms with Gasteiger partial charge in [-0.3, -0.25) is 24.8 Å². The van der Waals surface area contributed by atoms with E-state index in [0.717, 1.165) is 10.8 Å². The van der Waals surface area contributed by atoms with E-state index < -0.39 is 65.6 Å². The Morgan fingerprint density at radius 2 is 1.58 bits per heavy atom. The van der Waals surface area contributed by atoms with E-state index in [1.807, 2.05) is 0 Å². The molecule has 0 unspecified atom stereocenters. The summed E-state index contributed by atoms with van der Waals surface area (Å²) in [7, 11) is 0. The molecule has 244 valence electrons. The van der Waals surface area contributed by atoms with Crippen LogP contribution in [-0.4, -0.2) is 64.5 Å². The molecule has 0 saturated heterocycles. The second kappa shape index (κ2) is 15.5. The Hall–Kier alpha value is -5.27. The average molecular weight is 635 g/mol. The lowest BCUT2D eigenvalue weighted by Gasteiger charge is -2.21. The summed E-state index contributed by atoms with van der Waals surface area (Å²) in [4.78, 5) is 58.5. The van der Waals surface area contributed by atoms with Gasteiger partial charge >= 0.3 is 12.2 Å². The van der Waals surface area contributed by atoms with E-state index in [0.29, 0.717) is 0 Å². The highest BCUT2D eigenvalue weighted by atomic mass is 19.3. The van der Waals surface area contributed by atoms with Gasteiger partial charge < -0.3 is 24.9 Å². The van der Waals surface area contributed by atoms with Gasteiger partial charge in [0.25, 0.3) is 17.4 Å². The van der Waals surface area contributed by atoms with Gasteiger partial charge in [0.2, 0.25) is 5.91 Å². The first-order chi connectivity index (χ1) is 20.9. The molecule has 0 aliphatic carbocycles. The van der Waals surface area contributed by atoms with Crippen LogP contribution < -0.4 is 26.8 Å². The predicted octanol–water partition coefficient (Wildman–Crippen LogP) is 2.77. The minimum absolute atomic E-state index is 0.162. The summed E-state index contributed by atoms with van der Waals surface area (Å²) in [5.41, 5.74) is -3.20. The Labute approximate surface area is 257 Å². The fourth-order valence-electron chi connectivity index (χ4n) is 3.26. The van der Waals surface area contributed by atoms with Gasteiger partial charge in [-0.1, -0.05) is 30.3 Å². The van der Waals surface area contributed by atoms with Crippen LogP contribution in [0.2, 0.25) is 0 Å². The third-order valence-electron chi connectivity index (χ3n) is 5.05. The largest absolute Gasteiger partial charge is 0.444 e. The third kappa shape index (κ3) is 12.9. The number of guanidine groups is 1. The molecule has 45 heavy (non-hydrogen) atoms. The van der Waals surface area contributed by atoms with Gasteiger partial charge in [0.05, 0.1) is 19.3 Å². The molecule has 1 heterocycles. The number of benzene rings is 1. The molecule has 17 heteroatoms. The molecule has 2 aromatic rings. The van der Waals surface area contributed by atoms with Crippen molar-refractivity contribution in [2.75, 3.05) is 25.0 Å². The number of alkyl halides is 2. The lowest BCUT2D eigenvalue weighted by atomic mass is 10.1. The molecule has 0 aliphatic rings. The molecule has 1 aromatic heterocycles. The topological polar surface area (TPSA) is 198 Å². The van der Waals surface area contributed by atoms with Crippen molar-refractivity contribution in [3.8, 4) is 6.07 Å². The Morgan fingerprint density at radius 1 is 1.00 bits per heavy atom. The molecule has 0 atom stereocenters. The Kier molecular flexibility index (Phi) is 12.3. The number of aromatic nitrogens is 2. The number of anilines is 1. The van der Waals surface area contributed by atoms with Crippen LogP contribution in [0.3, 0.4) is 0 Å². The van der Waals surface area contributed by atoms with E-state index in [1.165, 1.54) is 24.3 Å². The van der Waals surface area contributed by atoms with E-state index in [2.05, 4.69) is 31.4 Å². The number of carbonyl (C=O) groups excluding carboxylic acids is 3. The van der Waals surface area contributed by atoms with Crippen LogP contribution in [-0.2, 0) is 31.6 Å². The summed E-state index contributed by atoms with van der Waals surface area (Å²) in [6.45, 7) is 7.76. The summed E-state index contributed by atoms with van der Waals surface area (Å²) >= 11 is 0. The predicted molar refractivity (Wildman–Crippen MR) is 157 cm³/mol. The number of alkyl carbamates (subject to hydrolysis) is 2. The number of nitriles is 1. The van der Waals surface area contributed by atoms with Crippen molar-refractivity contribution in [3.05, 3.63) is 58.1 Å². The number of halogens is 2. The van der Waals surface area contributed by atoms with Crippen molar-refractivity contribution < 1.29 is 37.5 Å². The lowest BCUT2D eigenvalue weighted by Crippen LogP contribution is -2.47. The van der Waals surface area contributed by atoms with E-state index >= 15 is 0 Å². The molecule has 0 fully saturated rings. The van der Waals surface area contributed by atoms with Gasteiger partial charge in [-0.2, -0.15) is 14.0 Å². The van der Waals surface area contributed by atoms with Crippen molar-refractivity contribution in [2.45, 2.75) is 65.2 Å². The van der Waals surface area contributed by atoms with Crippen molar-refractivity contribution >= 4 is 29.9 Å². The number of oxime groups is 1. The summed E-state index contributed by atoms with van der Waals surface area (Å²) < 4.78 is 40.1. The zero-order valence-corrected chi connectivity index (χ0v) is 25.7. The number of hydrogen-bond acceptors (Lipinski definition) is 11. The Balaban J connectivity index is 2.01. The minimum atomic E-state index is -3.33. The van der Waals surface area contributed by atoms with Crippen molar-refractivity contribution in [1.82, 2.24) is 25.5 Å². The Bertz CT molecular complexity index is 1440. The Morgan fingerprint density at radius 3 is 2.11 bits per heavy atom. The summed E-state index contributed by atoms with van der Waals surface area (Å²) in [6.07, 6.45) is -0.905. The van der Waals surface area contributed by atoms with E-state index in [4.69, 9.17) is 14.3 Å². The van der Waals surface area contributed by atoms with Gasteiger partial charge in [0.1, 0.15) is 36.1 Å². The fraction of sp³-hybridized carbons (Fsp3) is 0.464. The lowest BCUT2D eigenvalue weighted by molar-refractivity contribution is -0.122. The number of nitrogens with zero attached hydrogens (tertiary/aromatic N) is 4. The smallest absolute Gasteiger partial charge is 0.414 e. The highest BCUT2D eigenvalue weighted by Crippen LogP contribution is 2.27. The van der Waals surface area contributed by atoms with Crippen LogP contribution >= 0.6 is 0 Å². The SMILES string of the molecule is CC(C)(C)OC(=O)NC(=NOCCNC(=O)Cn1c(C#N)cnc(NCC(F)(F)c2ccccc2)c1=O)NC(=O)OC(C)(C)C. The molecule has 0 spiro atoms. The van der Waals surface area contributed by atoms with Crippen LogP contribution in [0.1, 0.15) is 52.8 Å². The van der Waals surface area contributed by atoms with Crippen molar-refractivity contribution in [1.29, 1.82) is 5.26 Å². The first-order valence-corrected chi connectivity index (χ1v) is 13.5. The highest BCUT2D eigenvalue weighted by Gasteiger charge is 2.31. The average Bonchev–Trinajstić information content (AvgIpc) is 2.91. The quantitative estimate of drug-likeness (QED) is 0.130. The van der Waals surface area contributed by atoms with E-state index in [9.17, 15) is 33.2 Å². The maximum absolute atomic E-state index is 14.5. The third-order valence-corrected chi connectivity index (χ3v) is 5.05. The maximum atomic E-state index is 14.5. The molecule has 0 aliphatic heterocycles. The normalized spacial score (nSPS) is 11.4. The van der Waals surface area contributed by atoms with E-state index in [-0.39, 0.29) is 24.4 Å². The number of amides is 3. The van der Waals surface area contributed by atoms with Gasteiger partial charge in [0.15, 0.2) is 5.82 Å². The number of nitrogens with one attached hydrogen (secondary N) is 4. The molecule has 1 aromatic carbocycles. The standard InChI is InChI=1S/C28H36F2N8O7/c1-26(2,3)44-24(41)35-23(36-25(42)45-27(4,5)6)37-43-13-12-32-20(39)16-38-19(14-31)15-33-21(22(38)40)34-17-28(29,30)18-10-8-7-9-11-18/h7-11,15H,12-13,16-17H2,1-6H3,(H,32,39)(H,33,34)(H2,35,36,37,41,42). The monoisotopic (exact) mass is 634 g/mol. The van der Waals surface area contributed by atoms with Crippen LogP contribution in [0, 0.1) is 11.3 Å². The fourth-order valence-corrected chi connectivity index (χ4v) is 3.26. The van der Waals surface area contributed by atoms with Gasteiger partial charge in [-0.05, 0) is 46.7 Å². The van der Waals surface area contributed by atoms with E-state index in [1.54, 1.807) is 53.7 Å². The first kappa shape index (κ1) is 35.9. The highest BCUT2D eigenvalue weighted by molar-refractivity contribution is 6.01. The molecular formula is C28H36F2N8O7. The molecule has 0 saturated carbocycles. The zero-order valence-electron chi connectivity index (χ0n) is 25.7. The number of ether oxygens (including phenoxy) is 2. The number of hydrogen-bond donors (Lipinski definition) is 4. The molecule has 15 nitrogen and oxygen atoms in total. The summed E-state index contributed by atoms with van der Waals surface area (Å²) in [5.74, 6) is -4.99. The second-order valence-corrected chi connectivity index (χ2v) is 11.3. The van der Waals surface area contributed by atoms with Gasteiger partial charge in [0, 0.05) is 5.56 Å². The number of rotatable bonds is 10. The van der Waals surface area contributed by atoms with Crippen LogP contribution in [0.5, 0.6) is 0 Å². The van der Waals surface area contributed by atoms with Gasteiger partial charge in [-0.15, -0.1) is 0 Å². The van der Waals surface area contributed by atoms with Crippen molar-refractivity contribution in [2.24, 2.45) is 5.16 Å². The van der Waals surface area contributed by atoms with Crippen LogP contribution in [0.15, 0.2) is 46.5 Å². The molecule has 0 bridgehead atoms. The molecule has 4 N–H and O–H groups in total. The van der Waals surface area contributed by atoms with Crippen LogP contribution in [0.4, 0.5) is 24.2 Å². The minimum Gasteiger partial charge on any atom is -0.444 e. The number of carbonyl (C=O) groups is 3. The maximum Gasteiger partial charge on any atom is 0.414 e. The summed E-state index contributed by atoms with van der Waals surface area (Å²) in [5, 5.41) is 22.1. The zero-order chi connectivity index (χ0) is 33.8. The molecule has 2 rings (SSSR count). The summed E-state index contributed by atoms with van der Waals surface area (Å²) in [6, 6.07) is 8.69. The van der Waals surface area contributed by atoms with Crippen molar-refractivity contribution in [3.63, 3.8) is 0 Å². The van der Waals surface area contributed by atoms with Crippen LogP contribution in [0.25, 0.3) is 0 Å². The molecular weight excluding hydrogens is 598 g/mol. The first-order valence-electron chi connectivity index (χ1n) is 13.5. The molecule has 3 amide bonds. The molecule has 0 radical (unpaired) electrons. The van der Waals surface area contributed by atoms with Gasteiger partial charge in [-0.25, -0.2) is 14.6 Å².